The third kappa shape index (κ3) is 4.77. The smallest absolute Gasteiger partial charge is 0.337 e. The van der Waals surface area contributed by atoms with Crippen molar-refractivity contribution >= 4 is 22.9 Å². The molecule has 0 fully saturated rings. The van der Waals surface area contributed by atoms with Crippen LogP contribution in [0.25, 0.3) is 11.0 Å². The van der Waals surface area contributed by atoms with Crippen LogP contribution >= 0.6 is 0 Å². The normalized spacial score (nSPS) is 10.5. The summed E-state index contributed by atoms with van der Waals surface area (Å²) in [4.78, 5) is 30.3. The first-order chi connectivity index (χ1) is 14.5. The zero-order chi connectivity index (χ0) is 21.5. The fourth-order valence-electron chi connectivity index (χ4n) is 2.79. The predicted octanol–water partition coefficient (Wildman–Crippen LogP) is 1.02. The lowest BCUT2D eigenvalue weighted by Gasteiger charge is -2.10. The zero-order valence-corrected chi connectivity index (χ0v) is 16.9. The van der Waals surface area contributed by atoms with E-state index >= 15 is 0 Å². The summed E-state index contributed by atoms with van der Waals surface area (Å²) in [5.74, 6) is 0.476. The molecular weight excluding hydrogens is 392 g/mol. The van der Waals surface area contributed by atoms with Gasteiger partial charge in [-0.25, -0.2) is 4.79 Å². The molecule has 0 aliphatic heterocycles. The van der Waals surface area contributed by atoms with Gasteiger partial charge in [0.15, 0.2) is 18.1 Å². The van der Waals surface area contributed by atoms with Gasteiger partial charge < -0.3 is 24.4 Å². The summed E-state index contributed by atoms with van der Waals surface area (Å²) < 4.78 is 15.2. The van der Waals surface area contributed by atoms with E-state index in [1.54, 1.807) is 26.4 Å². The quantitative estimate of drug-likeness (QED) is 0.517. The van der Waals surface area contributed by atoms with E-state index in [4.69, 9.17) is 19.0 Å². The largest absolute Gasteiger partial charge is 0.493 e. The van der Waals surface area contributed by atoms with Crippen molar-refractivity contribution in [3.8, 4) is 11.5 Å². The van der Waals surface area contributed by atoms with E-state index in [-0.39, 0.29) is 12.5 Å². The Hall–Kier alpha value is -3.82. The van der Waals surface area contributed by atoms with E-state index < -0.39 is 5.97 Å². The average molecular weight is 414 g/mol. The van der Waals surface area contributed by atoms with Crippen molar-refractivity contribution in [3.05, 3.63) is 47.5 Å². The maximum absolute atomic E-state index is 12.1. The highest BCUT2D eigenvalue weighted by molar-refractivity contribution is 5.93. The van der Waals surface area contributed by atoms with Crippen molar-refractivity contribution in [1.82, 2.24) is 20.5 Å². The molecule has 0 bridgehead atoms. The second kappa shape index (κ2) is 9.59. The van der Waals surface area contributed by atoms with Crippen molar-refractivity contribution in [2.75, 3.05) is 34.5 Å². The maximum Gasteiger partial charge on any atom is 0.337 e. The van der Waals surface area contributed by atoms with Gasteiger partial charge in [0.05, 0.1) is 26.9 Å². The second-order valence-electron chi connectivity index (χ2n) is 6.22. The minimum Gasteiger partial charge on any atom is -0.493 e. The van der Waals surface area contributed by atoms with Crippen molar-refractivity contribution in [1.29, 1.82) is 0 Å². The van der Waals surface area contributed by atoms with Gasteiger partial charge in [0.1, 0.15) is 11.0 Å². The number of nitrogens with one attached hydrogen (secondary N) is 1. The van der Waals surface area contributed by atoms with Gasteiger partial charge in [0.25, 0.3) is 5.91 Å². The second-order valence-corrected chi connectivity index (χ2v) is 6.22. The number of aromatic nitrogens is 3. The Morgan fingerprint density at radius 3 is 2.57 bits per heavy atom. The molecule has 1 N–H and O–H groups in total. The van der Waals surface area contributed by atoms with E-state index in [0.717, 1.165) is 10.4 Å². The van der Waals surface area contributed by atoms with Crippen LogP contribution in [0.5, 0.6) is 11.5 Å². The van der Waals surface area contributed by atoms with E-state index in [1.165, 1.54) is 13.2 Å². The third-order valence-electron chi connectivity index (χ3n) is 4.34. The van der Waals surface area contributed by atoms with Gasteiger partial charge in [0.2, 0.25) is 0 Å². The Morgan fingerprint density at radius 2 is 1.83 bits per heavy atom. The van der Waals surface area contributed by atoms with Gasteiger partial charge in [-0.3, -0.25) is 4.79 Å². The molecule has 0 radical (unpaired) electrons. The van der Waals surface area contributed by atoms with E-state index in [0.29, 0.717) is 41.1 Å². The Balaban J connectivity index is 1.53. The SMILES string of the molecule is COC(=O)c1ccc2nnn(OCC(=O)NCCc3ccc(OC)c(OC)c3)c2c1. The molecule has 0 saturated carbocycles. The van der Waals surface area contributed by atoms with Crippen LogP contribution in [0, 0.1) is 0 Å². The standard InChI is InChI=1S/C20H22N4O6/c1-27-17-7-4-13(10-18(17)28-2)8-9-21-19(25)12-30-24-16-11-14(20(26)29-3)5-6-15(16)22-23-24/h4-7,10-11H,8-9,12H2,1-3H3,(H,21,25). The Morgan fingerprint density at radius 1 is 1.03 bits per heavy atom. The summed E-state index contributed by atoms with van der Waals surface area (Å²) in [5, 5.41) is 10.6. The van der Waals surface area contributed by atoms with Gasteiger partial charge in [0, 0.05) is 6.54 Å². The van der Waals surface area contributed by atoms with Crippen molar-refractivity contribution in [2.24, 2.45) is 0 Å². The summed E-state index contributed by atoms with van der Waals surface area (Å²) in [6.07, 6.45) is 0.612. The van der Waals surface area contributed by atoms with Crippen LogP contribution in [0.2, 0.25) is 0 Å². The number of ether oxygens (including phenoxy) is 3. The summed E-state index contributed by atoms with van der Waals surface area (Å²) >= 11 is 0. The van der Waals surface area contributed by atoms with E-state index in [2.05, 4.69) is 15.6 Å². The van der Waals surface area contributed by atoms with E-state index in [1.807, 2.05) is 18.2 Å². The fourth-order valence-corrected chi connectivity index (χ4v) is 2.79. The topological polar surface area (TPSA) is 114 Å². The molecule has 158 valence electrons. The zero-order valence-electron chi connectivity index (χ0n) is 16.9. The molecule has 0 aliphatic carbocycles. The molecule has 1 heterocycles. The lowest BCUT2D eigenvalue weighted by Crippen LogP contribution is -2.33. The molecule has 3 aromatic rings. The van der Waals surface area contributed by atoms with E-state index in [9.17, 15) is 9.59 Å². The molecule has 1 aromatic heterocycles. The number of carbonyl (C=O) groups is 2. The molecule has 30 heavy (non-hydrogen) atoms. The lowest BCUT2D eigenvalue weighted by atomic mass is 10.1. The lowest BCUT2D eigenvalue weighted by molar-refractivity contribution is -0.126. The average Bonchev–Trinajstić information content (AvgIpc) is 3.19. The summed E-state index contributed by atoms with van der Waals surface area (Å²) in [5.41, 5.74) is 2.30. The van der Waals surface area contributed by atoms with Crippen molar-refractivity contribution in [2.45, 2.75) is 6.42 Å². The van der Waals surface area contributed by atoms with Crippen LogP contribution in [0.4, 0.5) is 0 Å². The molecule has 10 nitrogen and oxygen atoms in total. The number of esters is 1. The van der Waals surface area contributed by atoms with Crippen LogP contribution in [0.1, 0.15) is 15.9 Å². The molecule has 1 amide bonds. The molecule has 2 aromatic carbocycles. The first-order valence-corrected chi connectivity index (χ1v) is 9.10. The molecule has 0 saturated heterocycles. The molecule has 0 spiro atoms. The Bertz CT molecular complexity index is 1050. The first-order valence-electron chi connectivity index (χ1n) is 9.10. The number of carbonyl (C=O) groups excluding carboxylic acids is 2. The van der Waals surface area contributed by atoms with Crippen LogP contribution in [-0.2, 0) is 16.0 Å². The van der Waals surface area contributed by atoms with Crippen LogP contribution < -0.4 is 19.6 Å². The summed E-state index contributed by atoms with van der Waals surface area (Å²) in [6.45, 7) is 0.162. The highest BCUT2D eigenvalue weighted by atomic mass is 16.7. The van der Waals surface area contributed by atoms with Crippen LogP contribution in [-0.4, -0.2) is 61.5 Å². The number of amides is 1. The molecule has 10 heteroatoms. The number of rotatable bonds is 9. The highest BCUT2D eigenvalue weighted by Crippen LogP contribution is 2.27. The number of hydrogen-bond donors (Lipinski definition) is 1. The first kappa shape index (κ1) is 20.9. The number of benzene rings is 2. The van der Waals surface area contributed by atoms with Crippen LogP contribution in [0.15, 0.2) is 36.4 Å². The molecule has 0 unspecified atom stereocenters. The fraction of sp³-hybridized carbons (Fsp3) is 0.300. The van der Waals surface area contributed by atoms with Gasteiger partial charge in [-0.1, -0.05) is 10.9 Å². The number of nitrogens with zero attached hydrogens (tertiary/aromatic N) is 3. The Kier molecular flexibility index (Phi) is 6.68. The van der Waals surface area contributed by atoms with Gasteiger partial charge in [-0.15, -0.1) is 5.10 Å². The molecule has 0 atom stereocenters. The van der Waals surface area contributed by atoms with Crippen molar-refractivity contribution < 1.29 is 28.6 Å². The minimum atomic E-state index is -0.488. The minimum absolute atomic E-state index is 0.257. The molecule has 0 aliphatic rings. The Labute approximate surface area is 172 Å². The number of fused-ring (bicyclic) bond motifs is 1. The number of methoxy groups -OCH3 is 3. The molecule has 3 rings (SSSR count). The highest BCUT2D eigenvalue weighted by Gasteiger charge is 2.12. The number of hydrogen-bond acceptors (Lipinski definition) is 8. The third-order valence-corrected chi connectivity index (χ3v) is 4.34. The monoisotopic (exact) mass is 414 g/mol. The summed E-state index contributed by atoms with van der Waals surface area (Å²) in [6, 6.07) is 10.3. The predicted molar refractivity (Wildman–Crippen MR) is 107 cm³/mol. The van der Waals surface area contributed by atoms with Gasteiger partial charge in [-0.05, 0) is 47.5 Å². The van der Waals surface area contributed by atoms with Gasteiger partial charge >= 0.3 is 5.97 Å². The van der Waals surface area contributed by atoms with Crippen LogP contribution in [0.3, 0.4) is 0 Å². The maximum atomic E-state index is 12.1. The van der Waals surface area contributed by atoms with Crippen molar-refractivity contribution in [3.63, 3.8) is 0 Å². The van der Waals surface area contributed by atoms with Gasteiger partial charge in [-0.2, -0.15) is 0 Å². The molecular formula is C20H22N4O6. The summed E-state index contributed by atoms with van der Waals surface area (Å²) in [7, 11) is 4.44.